The number of para-hydroxylation sites is 1. The van der Waals surface area contributed by atoms with Crippen molar-refractivity contribution in [3.8, 4) is 5.69 Å². The van der Waals surface area contributed by atoms with E-state index < -0.39 is 11.8 Å². The van der Waals surface area contributed by atoms with Gasteiger partial charge in [0, 0.05) is 37.4 Å². The van der Waals surface area contributed by atoms with E-state index in [1.165, 1.54) is 31.5 Å². The summed E-state index contributed by atoms with van der Waals surface area (Å²) >= 11 is 0. The van der Waals surface area contributed by atoms with E-state index in [1.54, 1.807) is 11.2 Å². The summed E-state index contributed by atoms with van der Waals surface area (Å²) in [5.41, 5.74) is 5.26. The minimum absolute atomic E-state index is 0.344. The van der Waals surface area contributed by atoms with E-state index in [4.69, 9.17) is 0 Å². The molecule has 33 heavy (non-hydrogen) atoms. The van der Waals surface area contributed by atoms with E-state index >= 15 is 0 Å². The minimum atomic E-state index is -0.568. The standard InChI is InChI=1S/C26H29N5O2/c32-25(27-16-20-8-10-21(11-9-20)17-29-13-4-5-14-29)26(33)30-15-12-24-23(18-30)28-19-31(24)22-6-2-1-3-7-22/h1-3,6-11,19H,4-5,12-18H2,(H,27,32). The number of amides is 2. The first-order valence-electron chi connectivity index (χ1n) is 11.7. The summed E-state index contributed by atoms with van der Waals surface area (Å²) in [5, 5.41) is 2.78. The summed E-state index contributed by atoms with van der Waals surface area (Å²) in [4.78, 5) is 33.8. The first-order valence-corrected chi connectivity index (χ1v) is 11.7. The number of rotatable bonds is 5. The van der Waals surface area contributed by atoms with Crippen molar-refractivity contribution in [3.63, 3.8) is 0 Å². The molecule has 7 heteroatoms. The number of fused-ring (bicyclic) bond motifs is 1. The fourth-order valence-electron chi connectivity index (χ4n) is 4.66. The van der Waals surface area contributed by atoms with Gasteiger partial charge in [-0.2, -0.15) is 0 Å². The normalized spacial score (nSPS) is 15.9. The molecular weight excluding hydrogens is 414 g/mol. The third-order valence-corrected chi connectivity index (χ3v) is 6.51. The second kappa shape index (κ2) is 9.58. The molecule has 3 heterocycles. The zero-order chi connectivity index (χ0) is 22.6. The van der Waals surface area contributed by atoms with E-state index in [1.807, 2.05) is 42.5 Å². The zero-order valence-corrected chi connectivity index (χ0v) is 18.7. The summed E-state index contributed by atoms with van der Waals surface area (Å²) in [6.45, 7) is 4.52. The van der Waals surface area contributed by atoms with Gasteiger partial charge < -0.3 is 14.8 Å². The molecule has 2 aromatic carbocycles. The number of imidazole rings is 1. The number of carbonyl (C=O) groups is 2. The molecule has 0 bridgehead atoms. The highest BCUT2D eigenvalue weighted by Crippen LogP contribution is 2.21. The zero-order valence-electron chi connectivity index (χ0n) is 18.7. The SMILES string of the molecule is O=C(NCc1ccc(CN2CCCC2)cc1)C(=O)N1CCc2c(ncn2-c2ccccc2)C1. The number of likely N-dealkylation sites (tertiary alicyclic amines) is 1. The lowest BCUT2D eigenvalue weighted by Gasteiger charge is -2.26. The van der Waals surface area contributed by atoms with Crippen LogP contribution in [-0.4, -0.2) is 50.8 Å². The predicted octanol–water partition coefficient (Wildman–Crippen LogP) is 2.67. The Kier molecular flexibility index (Phi) is 6.21. The molecule has 1 aromatic heterocycles. The van der Waals surface area contributed by atoms with Crippen LogP contribution in [-0.2, 0) is 35.6 Å². The van der Waals surface area contributed by atoms with Crippen molar-refractivity contribution in [2.24, 2.45) is 0 Å². The molecule has 2 amide bonds. The van der Waals surface area contributed by atoms with Gasteiger partial charge in [0.2, 0.25) is 0 Å². The molecule has 0 atom stereocenters. The molecule has 0 aliphatic carbocycles. The summed E-state index contributed by atoms with van der Waals surface area (Å²) < 4.78 is 2.06. The molecule has 1 fully saturated rings. The van der Waals surface area contributed by atoms with Crippen molar-refractivity contribution in [1.82, 2.24) is 24.7 Å². The van der Waals surface area contributed by atoms with Crippen LogP contribution in [0.4, 0.5) is 0 Å². The van der Waals surface area contributed by atoms with Gasteiger partial charge in [-0.1, -0.05) is 42.5 Å². The van der Waals surface area contributed by atoms with Crippen molar-refractivity contribution in [3.05, 3.63) is 83.4 Å². The van der Waals surface area contributed by atoms with Gasteiger partial charge in [-0.15, -0.1) is 0 Å². The van der Waals surface area contributed by atoms with Crippen LogP contribution in [0.1, 0.15) is 35.4 Å². The maximum atomic E-state index is 12.7. The highest BCUT2D eigenvalue weighted by molar-refractivity contribution is 6.34. The van der Waals surface area contributed by atoms with Crippen molar-refractivity contribution >= 4 is 11.8 Å². The van der Waals surface area contributed by atoms with Crippen LogP contribution in [0.15, 0.2) is 60.9 Å². The summed E-state index contributed by atoms with van der Waals surface area (Å²) in [5.74, 6) is -1.07. The summed E-state index contributed by atoms with van der Waals surface area (Å²) in [7, 11) is 0. The lowest BCUT2D eigenvalue weighted by atomic mass is 10.1. The first-order chi connectivity index (χ1) is 16.2. The highest BCUT2D eigenvalue weighted by Gasteiger charge is 2.28. The van der Waals surface area contributed by atoms with Crippen molar-refractivity contribution < 1.29 is 9.59 Å². The topological polar surface area (TPSA) is 70.5 Å². The summed E-state index contributed by atoms with van der Waals surface area (Å²) in [6.07, 6.45) is 5.03. The molecular formula is C26H29N5O2. The van der Waals surface area contributed by atoms with Crippen LogP contribution < -0.4 is 5.32 Å². The average Bonchev–Trinajstić information content (AvgIpc) is 3.53. The Balaban J connectivity index is 1.15. The van der Waals surface area contributed by atoms with Gasteiger partial charge in [-0.3, -0.25) is 14.5 Å². The fourth-order valence-corrected chi connectivity index (χ4v) is 4.66. The van der Waals surface area contributed by atoms with Crippen LogP contribution >= 0.6 is 0 Å². The number of hydrogen-bond acceptors (Lipinski definition) is 4. The van der Waals surface area contributed by atoms with Crippen molar-refractivity contribution in [2.75, 3.05) is 19.6 Å². The largest absolute Gasteiger partial charge is 0.344 e. The van der Waals surface area contributed by atoms with E-state index in [-0.39, 0.29) is 0 Å². The molecule has 2 aliphatic heterocycles. The Bertz CT molecular complexity index is 1120. The molecule has 1 N–H and O–H groups in total. The highest BCUT2D eigenvalue weighted by atomic mass is 16.2. The molecule has 3 aromatic rings. The van der Waals surface area contributed by atoms with Gasteiger partial charge in [-0.25, -0.2) is 4.98 Å². The van der Waals surface area contributed by atoms with Gasteiger partial charge in [0.15, 0.2) is 0 Å². The van der Waals surface area contributed by atoms with Gasteiger partial charge in [-0.05, 0) is 49.2 Å². The van der Waals surface area contributed by atoms with Crippen LogP contribution in [0.2, 0.25) is 0 Å². The average molecular weight is 444 g/mol. The van der Waals surface area contributed by atoms with Crippen LogP contribution in [0.5, 0.6) is 0 Å². The van der Waals surface area contributed by atoms with Crippen LogP contribution in [0.25, 0.3) is 5.69 Å². The van der Waals surface area contributed by atoms with E-state index in [0.29, 0.717) is 26.1 Å². The van der Waals surface area contributed by atoms with Gasteiger partial charge >= 0.3 is 11.8 Å². The molecule has 7 nitrogen and oxygen atoms in total. The number of nitrogens with zero attached hydrogens (tertiary/aromatic N) is 4. The monoisotopic (exact) mass is 443 g/mol. The van der Waals surface area contributed by atoms with Crippen molar-refractivity contribution in [2.45, 2.75) is 38.9 Å². The van der Waals surface area contributed by atoms with E-state index in [9.17, 15) is 9.59 Å². The van der Waals surface area contributed by atoms with E-state index in [0.717, 1.165) is 29.2 Å². The smallest absolute Gasteiger partial charge is 0.312 e. The predicted molar refractivity (Wildman–Crippen MR) is 125 cm³/mol. The van der Waals surface area contributed by atoms with Gasteiger partial charge in [0.1, 0.15) is 0 Å². The Morgan fingerprint density at radius 1 is 0.909 bits per heavy atom. The molecule has 170 valence electrons. The Labute approximate surface area is 194 Å². The minimum Gasteiger partial charge on any atom is -0.344 e. The lowest BCUT2D eigenvalue weighted by molar-refractivity contribution is -0.146. The Morgan fingerprint density at radius 3 is 2.39 bits per heavy atom. The van der Waals surface area contributed by atoms with Gasteiger partial charge in [0.05, 0.1) is 18.6 Å². The Morgan fingerprint density at radius 2 is 1.64 bits per heavy atom. The van der Waals surface area contributed by atoms with E-state index in [2.05, 4.69) is 31.9 Å². The maximum absolute atomic E-state index is 12.7. The quantitative estimate of drug-likeness (QED) is 0.616. The second-order valence-corrected chi connectivity index (χ2v) is 8.80. The number of carbonyl (C=O) groups excluding carboxylic acids is 2. The molecule has 0 saturated carbocycles. The third kappa shape index (κ3) is 4.83. The lowest BCUT2D eigenvalue weighted by Crippen LogP contribution is -2.45. The summed E-state index contributed by atoms with van der Waals surface area (Å²) in [6, 6.07) is 18.3. The molecule has 2 aliphatic rings. The molecule has 5 rings (SSSR count). The number of aromatic nitrogens is 2. The molecule has 0 radical (unpaired) electrons. The number of nitrogens with one attached hydrogen (secondary N) is 1. The molecule has 0 spiro atoms. The van der Waals surface area contributed by atoms with Gasteiger partial charge in [0.25, 0.3) is 0 Å². The number of hydrogen-bond donors (Lipinski definition) is 1. The van der Waals surface area contributed by atoms with Crippen molar-refractivity contribution in [1.29, 1.82) is 0 Å². The fraction of sp³-hybridized carbons (Fsp3) is 0.346. The second-order valence-electron chi connectivity index (χ2n) is 8.80. The van der Waals surface area contributed by atoms with Crippen LogP contribution in [0.3, 0.4) is 0 Å². The first kappa shape index (κ1) is 21.4. The third-order valence-electron chi connectivity index (χ3n) is 6.51. The Hall–Kier alpha value is -3.45. The van der Waals surface area contributed by atoms with Crippen LogP contribution in [0, 0.1) is 0 Å². The molecule has 0 unspecified atom stereocenters. The maximum Gasteiger partial charge on any atom is 0.312 e. The molecule has 1 saturated heterocycles. The number of benzene rings is 2.